The molecule has 0 fully saturated rings. The van der Waals surface area contributed by atoms with Crippen molar-refractivity contribution in [3.05, 3.63) is 87.9 Å². The van der Waals surface area contributed by atoms with E-state index in [-0.39, 0.29) is 28.5 Å². The number of hydrogen-bond donors (Lipinski definition) is 2. The Bertz CT molecular complexity index is 1280. The highest BCUT2D eigenvalue weighted by molar-refractivity contribution is 5.74. The number of aryl methyl sites for hydroxylation is 2. The number of nitrogens with one attached hydrogen (secondary N) is 2. The predicted octanol–water partition coefficient (Wildman–Crippen LogP) is 2.93. The van der Waals surface area contributed by atoms with Crippen molar-refractivity contribution in [2.45, 2.75) is 13.8 Å². The van der Waals surface area contributed by atoms with Gasteiger partial charge >= 0.3 is 16.9 Å². The fourth-order valence-electron chi connectivity index (χ4n) is 2.70. The summed E-state index contributed by atoms with van der Waals surface area (Å²) in [7, 11) is 0. The van der Waals surface area contributed by atoms with Crippen LogP contribution in [0.25, 0.3) is 23.5 Å². The fraction of sp³-hybridized carbons (Fsp3) is 0.111. The average Bonchev–Trinajstić information content (AvgIpc) is 3.09. The zero-order valence-electron chi connectivity index (χ0n) is 15.2. The molecule has 3 rings (SSSR count). The zero-order chi connectivity index (χ0) is 21.3. The van der Waals surface area contributed by atoms with Gasteiger partial charge in [0.2, 0.25) is 0 Å². The van der Waals surface area contributed by atoms with Crippen molar-refractivity contribution < 1.29 is 14.3 Å². The number of hydrogen-bond acceptors (Lipinski definition) is 7. The van der Waals surface area contributed by atoms with E-state index in [1.165, 1.54) is 24.3 Å². The van der Waals surface area contributed by atoms with Crippen LogP contribution in [0.2, 0.25) is 0 Å². The second-order valence-corrected chi connectivity index (χ2v) is 6.17. The van der Waals surface area contributed by atoms with Gasteiger partial charge in [-0.25, -0.2) is 4.79 Å². The molecule has 0 saturated carbocycles. The van der Waals surface area contributed by atoms with Crippen LogP contribution in [-0.2, 0) is 0 Å². The summed E-state index contributed by atoms with van der Waals surface area (Å²) in [6.45, 7) is 3.58. The molecule has 1 aromatic carbocycles. The highest BCUT2D eigenvalue weighted by atomic mass is 16.6. The van der Waals surface area contributed by atoms with E-state index in [0.717, 1.165) is 17.2 Å². The first kappa shape index (κ1) is 19.5. The molecule has 148 valence electrons. The molecule has 0 amide bonds. The molecule has 0 aliphatic carbocycles. The van der Waals surface area contributed by atoms with E-state index >= 15 is 0 Å². The molecule has 0 unspecified atom stereocenters. The van der Waals surface area contributed by atoms with Gasteiger partial charge < -0.3 is 9.40 Å². The maximum atomic E-state index is 11.6. The lowest BCUT2D eigenvalue weighted by atomic mass is 10.0. The van der Waals surface area contributed by atoms with Crippen LogP contribution < -0.4 is 11.2 Å². The van der Waals surface area contributed by atoms with Crippen molar-refractivity contribution in [1.82, 2.24) is 9.97 Å². The molecular formula is C18H14N4O7. The zero-order valence-corrected chi connectivity index (χ0v) is 15.2. The first-order valence-corrected chi connectivity index (χ1v) is 8.22. The van der Waals surface area contributed by atoms with Gasteiger partial charge in [-0.2, -0.15) is 0 Å². The normalized spacial score (nSPS) is 11.1. The van der Waals surface area contributed by atoms with Crippen LogP contribution >= 0.6 is 0 Å². The molecule has 0 radical (unpaired) electrons. The van der Waals surface area contributed by atoms with Gasteiger partial charge in [-0.3, -0.25) is 30.0 Å². The molecular weight excluding hydrogens is 384 g/mol. The van der Waals surface area contributed by atoms with Gasteiger partial charge in [0.15, 0.2) is 0 Å². The number of H-pyrrole nitrogens is 2. The number of nitro benzene ring substituents is 1. The summed E-state index contributed by atoms with van der Waals surface area (Å²) in [4.78, 5) is 48.0. The summed E-state index contributed by atoms with van der Waals surface area (Å²) in [6, 6.07) is 6.11. The van der Waals surface area contributed by atoms with E-state index < -0.39 is 26.8 Å². The van der Waals surface area contributed by atoms with E-state index in [1.807, 2.05) is 6.92 Å². The Morgan fingerprint density at radius 2 is 1.66 bits per heavy atom. The van der Waals surface area contributed by atoms with Crippen LogP contribution in [0.1, 0.15) is 22.6 Å². The number of nitrogens with zero attached hydrogens (tertiary/aromatic N) is 2. The van der Waals surface area contributed by atoms with Gasteiger partial charge in [0, 0.05) is 6.07 Å². The Hall–Kier alpha value is -4.28. The topological polar surface area (TPSA) is 165 Å². The van der Waals surface area contributed by atoms with Crippen LogP contribution in [0.4, 0.5) is 11.4 Å². The molecule has 29 heavy (non-hydrogen) atoms. The van der Waals surface area contributed by atoms with Crippen LogP contribution in [-0.4, -0.2) is 19.8 Å². The Kier molecular flexibility index (Phi) is 4.96. The highest BCUT2D eigenvalue weighted by Crippen LogP contribution is 2.34. The summed E-state index contributed by atoms with van der Waals surface area (Å²) in [5, 5.41) is 22.4. The Morgan fingerprint density at radius 3 is 2.31 bits per heavy atom. The quantitative estimate of drug-likeness (QED) is 0.492. The van der Waals surface area contributed by atoms with Crippen LogP contribution in [0.3, 0.4) is 0 Å². The first-order valence-electron chi connectivity index (χ1n) is 8.22. The first-order chi connectivity index (χ1) is 13.7. The monoisotopic (exact) mass is 398 g/mol. The largest absolute Gasteiger partial charge is 0.456 e. The molecule has 2 N–H and O–H groups in total. The molecule has 0 saturated heterocycles. The molecule has 0 aliphatic heterocycles. The van der Waals surface area contributed by atoms with Crippen molar-refractivity contribution in [2.75, 3.05) is 0 Å². The van der Waals surface area contributed by atoms with Crippen molar-refractivity contribution >= 4 is 23.5 Å². The molecule has 2 heterocycles. The Labute approximate surface area is 161 Å². The summed E-state index contributed by atoms with van der Waals surface area (Å²) in [5.41, 5.74) is -1.39. The predicted molar refractivity (Wildman–Crippen MR) is 104 cm³/mol. The van der Waals surface area contributed by atoms with E-state index in [0.29, 0.717) is 0 Å². The highest BCUT2D eigenvalue weighted by Gasteiger charge is 2.21. The molecule has 0 bridgehead atoms. The minimum absolute atomic E-state index is 0.118. The lowest BCUT2D eigenvalue weighted by Gasteiger charge is -2.04. The van der Waals surface area contributed by atoms with Crippen LogP contribution in [0, 0.1) is 34.1 Å². The second-order valence-electron chi connectivity index (χ2n) is 6.17. The third kappa shape index (κ3) is 3.88. The van der Waals surface area contributed by atoms with Gasteiger partial charge in [-0.15, -0.1) is 0 Å². The van der Waals surface area contributed by atoms with E-state index in [1.54, 1.807) is 18.0 Å². The molecule has 3 aromatic rings. The molecule has 11 nitrogen and oxygen atoms in total. The molecule has 0 spiro atoms. The van der Waals surface area contributed by atoms with Gasteiger partial charge in [0.05, 0.1) is 15.4 Å². The number of aromatic amines is 2. The van der Waals surface area contributed by atoms with Crippen molar-refractivity contribution in [1.29, 1.82) is 0 Å². The van der Waals surface area contributed by atoms with E-state index in [4.69, 9.17) is 4.42 Å². The van der Waals surface area contributed by atoms with Crippen molar-refractivity contribution in [2.24, 2.45) is 0 Å². The van der Waals surface area contributed by atoms with Crippen LogP contribution in [0.15, 0.2) is 38.3 Å². The lowest BCUT2D eigenvalue weighted by molar-refractivity contribution is -0.386. The maximum Gasteiger partial charge on any atom is 0.357 e. The average molecular weight is 398 g/mol. The third-order valence-electron chi connectivity index (χ3n) is 4.24. The smallest absolute Gasteiger partial charge is 0.357 e. The summed E-state index contributed by atoms with van der Waals surface area (Å²) in [5.74, 6) is 0.441. The minimum Gasteiger partial charge on any atom is -0.456 e. The summed E-state index contributed by atoms with van der Waals surface area (Å²) < 4.78 is 5.60. The summed E-state index contributed by atoms with van der Waals surface area (Å²) >= 11 is 0. The number of benzene rings is 1. The third-order valence-corrected chi connectivity index (χ3v) is 4.24. The molecule has 11 heteroatoms. The van der Waals surface area contributed by atoms with Gasteiger partial charge in [-0.05, 0) is 55.3 Å². The number of rotatable bonds is 5. The van der Waals surface area contributed by atoms with E-state index in [2.05, 4.69) is 4.98 Å². The number of nitro groups is 2. The number of furan rings is 1. The summed E-state index contributed by atoms with van der Waals surface area (Å²) in [6.07, 6.45) is 2.44. The van der Waals surface area contributed by atoms with Crippen molar-refractivity contribution in [3.8, 4) is 11.3 Å². The van der Waals surface area contributed by atoms with Gasteiger partial charge in [0.1, 0.15) is 17.2 Å². The molecule has 0 atom stereocenters. The lowest BCUT2D eigenvalue weighted by Crippen LogP contribution is -2.25. The molecule has 2 aromatic heterocycles. The fourth-order valence-corrected chi connectivity index (χ4v) is 2.70. The Balaban J connectivity index is 2.03. The molecule has 0 aliphatic rings. The van der Waals surface area contributed by atoms with Crippen molar-refractivity contribution in [3.63, 3.8) is 0 Å². The maximum absolute atomic E-state index is 11.6. The second kappa shape index (κ2) is 7.38. The van der Waals surface area contributed by atoms with Gasteiger partial charge in [-0.1, -0.05) is 0 Å². The SMILES string of the molecule is Cc1cc(-c2ccc(C=Cc3[nH]c(=O)[nH]c(=O)c3[N+](=O)[O-])o2)c([N+](=O)[O-])cc1C. The Morgan fingerprint density at radius 1 is 0.966 bits per heavy atom. The van der Waals surface area contributed by atoms with E-state index in [9.17, 15) is 29.8 Å². The van der Waals surface area contributed by atoms with Gasteiger partial charge in [0.25, 0.3) is 5.69 Å². The minimum atomic E-state index is -1.13. The number of aromatic nitrogens is 2. The standard InChI is InChI=1S/C18H14N4O7/c1-9-7-12(14(21(25)26)8-10(9)2)15-6-4-11(29-15)3-5-13-16(22(27)28)17(23)20-18(24)19-13/h3-8H,1-2H3,(H2,19,20,23,24). The van der Waals surface area contributed by atoms with Crippen LogP contribution in [0.5, 0.6) is 0 Å².